The Morgan fingerprint density at radius 3 is 2.46 bits per heavy atom. The van der Waals surface area contributed by atoms with E-state index in [1.165, 1.54) is 25.3 Å². The number of nitrogens with two attached hydrogens (primary N) is 1. The first kappa shape index (κ1) is 18.0. The average molecular weight is 390 g/mol. The third-order valence-corrected chi connectivity index (χ3v) is 5.42. The predicted octanol–water partition coefficient (Wildman–Crippen LogP) is 2.39. The summed E-state index contributed by atoms with van der Waals surface area (Å²) in [5.41, 5.74) is 6.13. The van der Waals surface area contributed by atoms with Gasteiger partial charge in [-0.05, 0) is 47.7 Å². The number of methoxy groups -OCH3 is 1. The summed E-state index contributed by atoms with van der Waals surface area (Å²) in [4.78, 5) is 15.7. The Bertz CT molecular complexity index is 1010. The van der Waals surface area contributed by atoms with Crippen LogP contribution in [-0.2, 0) is 14.9 Å². The number of ether oxygens (including phenoxy) is 1. The van der Waals surface area contributed by atoms with Crippen LogP contribution in [0.15, 0.2) is 63.3 Å². The van der Waals surface area contributed by atoms with E-state index < -0.39 is 16.0 Å². The predicted molar refractivity (Wildman–Crippen MR) is 99.4 cm³/mol. The highest BCUT2D eigenvalue weighted by Gasteiger charge is 2.21. The largest absolute Gasteiger partial charge is 0.493 e. The van der Waals surface area contributed by atoms with E-state index in [0.29, 0.717) is 10.5 Å². The van der Waals surface area contributed by atoms with Crippen LogP contribution < -0.4 is 14.7 Å². The highest BCUT2D eigenvalue weighted by Crippen LogP contribution is 2.33. The lowest BCUT2D eigenvalue weighted by Gasteiger charge is -2.11. The van der Waals surface area contributed by atoms with Crippen LogP contribution in [0.3, 0.4) is 0 Å². The van der Waals surface area contributed by atoms with Gasteiger partial charge in [-0.3, -0.25) is 4.79 Å². The van der Waals surface area contributed by atoms with Gasteiger partial charge in [-0.15, -0.1) is 0 Å². The van der Waals surface area contributed by atoms with Gasteiger partial charge < -0.3 is 14.7 Å². The molecule has 0 unspecified atom stereocenters. The van der Waals surface area contributed by atoms with E-state index in [-0.39, 0.29) is 21.6 Å². The van der Waals surface area contributed by atoms with Gasteiger partial charge in [0.25, 0.3) is 5.91 Å². The summed E-state index contributed by atoms with van der Waals surface area (Å²) in [5, 5.41) is 0.183. The molecule has 1 aliphatic heterocycles. The number of amidine groups is 1. The van der Waals surface area contributed by atoms with E-state index in [1.54, 1.807) is 36.4 Å². The molecule has 0 spiro atoms. The van der Waals surface area contributed by atoms with Crippen molar-refractivity contribution in [1.82, 2.24) is 0 Å². The molecular weight excluding hydrogens is 376 g/mol. The van der Waals surface area contributed by atoms with Crippen LogP contribution in [0.2, 0.25) is 0 Å². The summed E-state index contributed by atoms with van der Waals surface area (Å²) in [7, 11) is -2.59. The summed E-state index contributed by atoms with van der Waals surface area (Å²) in [6.07, 6.45) is 1.59. The first-order valence-corrected chi connectivity index (χ1v) is 9.57. The molecule has 1 aliphatic rings. The second-order valence-corrected chi connectivity index (χ2v) is 7.74. The van der Waals surface area contributed by atoms with Crippen molar-refractivity contribution in [2.24, 2.45) is 10.7 Å². The van der Waals surface area contributed by atoms with Gasteiger partial charge in [-0.2, -0.15) is 13.4 Å². The fourth-order valence-electron chi connectivity index (χ4n) is 2.17. The van der Waals surface area contributed by atoms with Crippen LogP contribution in [-0.4, -0.2) is 26.6 Å². The Labute approximate surface area is 154 Å². The standard InChI is InChI=1S/C17H14N2O5S2/c1-23-14-9-11(10-15-16(20)19-17(18)25-15)7-8-13(14)24-26(21,22)12-5-3-2-4-6-12/h2-10H,1H3,(H2,18,19,20)/b15-10-. The van der Waals surface area contributed by atoms with Crippen molar-refractivity contribution >= 4 is 39.0 Å². The molecule has 0 saturated heterocycles. The first-order chi connectivity index (χ1) is 12.4. The number of thioether (sulfide) groups is 1. The number of amides is 1. The molecule has 0 aliphatic carbocycles. The van der Waals surface area contributed by atoms with E-state index in [9.17, 15) is 13.2 Å². The van der Waals surface area contributed by atoms with Gasteiger partial charge in [0.05, 0.1) is 12.0 Å². The zero-order valence-corrected chi connectivity index (χ0v) is 15.2. The number of carbonyl (C=O) groups excluding carboxylic acids is 1. The van der Waals surface area contributed by atoms with Crippen LogP contribution >= 0.6 is 11.8 Å². The molecule has 26 heavy (non-hydrogen) atoms. The number of carbonyl (C=O) groups is 1. The van der Waals surface area contributed by atoms with Gasteiger partial charge in [0.15, 0.2) is 16.7 Å². The van der Waals surface area contributed by atoms with Crippen LogP contribution in [0.25, 0.3) is 6.08 Å². The molecule has 134 valence electrons. The van der Waals surface area contributed by atoms with Crippen molar-refractivity contribution in [2.75, 3.05) is 7.11 Å². The molecule has 3 rings (SSSR count). The number of benzene rings is 2. The molecule has 0 radical (unpaired) electrons. The van der Waals surface area contributed by atoms with Gasteiger partial charge >= 0.3 is 10.1 Å². The highest BCUT2D eigenvalue weighted by atomic mass is 32.2. The zero-order valence-electron chi connectivity index (χ0n) is 13.6. The third-order valence-electron chi connectivity index (χ3n) is 3.35. The Kier molecular flexibility index (Phi) is 5.01. The number of nitrogens with zero attached hydrogens (tertiary/aromatic N) is 1. The van der Waals surface area contributed by atoms with Crippen molar-refractivity contribution in [1.29, 1.82) is 0 Å². The van der Waals surface area contributed by atoms with E-state index >= 15 is 0 Å². The third kappa shape index (κ3) is 3.89. The topological polar surface area (TPSA) is 108 Å². The first-order valence-electron chi connectivity index (χ1n) is 7.34. The lowest BCUT2D eigenvalue weighted by Crippen LogP contribution is -2.10. The molecular formula is C17H14N2O5S2. The Morgan fingerprint density at radius 2 is 1.85 bits per heavy atom. The fourth-order valence-corrected chi connectivity index (χ4v) is 3.82. The van der Waals surface area contributed by atoms with Crippen LogP contribution in [0.5, 0.6) is 11.5 Å². The van der Waals surface area contributed by atoms with E-state index in [2.05, 4.69) is 4.99 Å². The summed E-state index contributed by atoms with van der Waals surface area (Å²) in [6, 6.07) is 12.4. The highest BCUT2D eigenvalue weighted by molar-refractivity contribution is 8.18. The molecule has 0 saturated carbocycles. The maximum absolute atomic E-state index is 12.3. The molecule has 9 heteroatoms. The quantitative estimate of drug-likeness (QED) is 0.617. The van der Waals surface area contributed by atoms with Crippen molar-refractivity contribution in [2.45, 2.75) is 4.90 Å². The van der Waals surface area contributed by atoms with Crippen molar-refractivity contribution in [3.8, 4) is 11.5 Å². The molecule has 1 amide bonds. The fraction of sp³-hybridized carbons (Fsp3) is 0.0588. The molecule has 7 nitrogen and oxygen atoms in total. The van der Waals surface area contributed by atoms with Gasteiger partial charge in [0.1, 0.15) is 4.90 Å². The maximum atomic E-state index is 12.3. The summed E-state index contributed by atoms with van der Waals surface area (Å²) in [6.45, 7) is 0. The van der Waals surface area contributed by atoms with Crippen LogP contribution in [0.4, 0.5) is 0 Å². The van der Waals surface area contributed by atoms with E-state index in [1.807, 2.05) is 0 Å². The summed E-state index contributed by atoms with van der Waals surface area (Å²) < 4.78 is 35.1. The maximum Gasteiger partial charge on any atom is 0.339 e. The Hall–Kier alpha value is -2.78. The number of aliphatic imine (C=N–C) groups is 1. The van der Waals surface area contributed by atoms with Crippen molar-refractivity contribution in [3.05, 3.63) is 59.0 Å². The molecule has 2 aromatic carbocycles. The number of rotatable bonds is 5. The number of hydrogen-bond donors (Lipinski definition) is 1. The summed E-state index contributed by atoms with van der Waals surface area (Å²) >= 11 is 1.06. The minimum absolute atomic E-state index is 0.0359. The van der Waals surface area contributed by atoms with Crippen LogP contribution in [0, 0.1) is 0 Å². The second kappa shape index (κ2) is 7.22. The van der Waals surface area contributed by atoms with Crippen LogP contribution in [0.1, 0.15) is 5.56 Å². The van der Waals surface area contributed by atoms with Crippen molar-refractivity contribution in [3.63, 3.8) is 0 Å². The SMILES string of the molecule is COc1cc(/C=C2\SC(N)=NC2=O)ccc1OS(=O)(=O)c1ccccc1. The lowest BCUT2D eigenvalue weighted by molar-refractivity contribution is -0.113. The zero-order chi connectivity index (χ0) is 18.7. The monoisotopic (exact) mass is 390 g/mol. The average Bonchev–Trinajstić information content (AvgIpc) is 2.94. The normalized spacial score (nSPS) is 15.8. The lowest BCUT2D eigenvalue weighted by atomic mass is 10.2. The van der Waals surface area contributed by atoms with Gasteiger partial charge in [-0.25, -0.2) is 0 Å². The smallest absolute Gasteiger partial charge is 0.339 e. The van der Waals surface area contributed by atoms with E-state index in [4.69, 9.17) is 14.7 Å². The molecule has 1 heterocycles. The summed E-state index contributed by atoms with van der Waals surface area (Å²) in [5.74, 6) is -0.165. The molecule has 0 atom stereocenters. The Morgan fingerprint density at radius 1 is 1.12 bits per heavy atom. The molecule has 0 fully saturated rings. The van der Waals surface area contributed by atoms with Gasteiger partial charge in [0, 0.05) is 0 Å². The molecule has 2 N–H and O–H groups in total. The van der Waals surface area contributed by atoms with Gasteiger partial charge in [0.2, 0.25) is 0 Å². The van der Waals surface area contributed by atoms with E-state index in [0.717, 1.165) is 11.8 Å². The number of hydrogen-bond acceptors (Lipinski definition) is 7. The van der Waals surface area contributed by atoms with Gasteiger partial charge in [-0.1, -0.05) is 24.3 Å². The second-order valence-electron chi connectivity index (χ2n) is 5.13. The molecule has 0 aromatic heterocycles. The minimum Gasteiger partial charge on any atom is -0.493 e. The van der Waals surface area contributed by atoms with Crippen molar-refractivity contribution < 1.29 is 22.1 Å². The molecule has 0 bridgehead atoms. The molecule has 2 aromatic rings. The minimum atomic E-state index is -3.99. The Balaban J connectivity index is 1.88.